The molecule has 4 aromatic heterocycles. The van der Waals surface area contributed by atoms with E-state index >= 15 is 0 Å². The first kappa shape index (κ1) is 49.7. The minimum atomic E-state index is -0.970. The second-order valence-electron chi connectivity index (χ2n) is 20.8. The van der Waals surface area contributed by atoms with Crippen molar-refractivity contribution in [2.75, 3.05) is 34.5 Å². The van der Waals surface area contributed by atoms with Crippen LogP contribution < -0.4 is 14.7 Å². The van der Waals surface area contributed by atoms with Crippen LogP contribution in [0.15, 0.2) is 98.0 Å². The largest absolute Gasteiger partial charge is 0.394 e. The molecule has 4 atom stereocenters. The molecule has 1 saturated heterocycles. The van der Waals surface area contributed by atoms with Crippen LogP contribution in [0, 0.1) is 6.92 Å². The predicted octanol–water partition coefficient (Wildman–Crippen LogP) is 5.91. The van der Waals surface area contributed by atoms with Crippen molar-refractivity contribution in [1.29, 1.82) is 0 Å². The van der Waals surface area contributed by atoms with Crippen molar-refractivity contribution in [2.45, 2.75) is 127 Å². The molecule has 0 radical (unpaired) electrons. The predicted molar refractivity (Wildman–Crippen MR) is 273 cm³/mol. The zero-order valence-corrected chi connectivity index (χ0v) is 41.9. The molecule has 6 aromatic rings. The maximum Gasteiger partial charge on any atom is 0.239 e. The molecule has 17 heteroatoms. The van der Waals surface area contributed by atoms with E-state index in [1.165, 1.54) is 0 Å². The molecule has 3 fully saturated rings. The molecule has 4 N–H and O–H groups in total. The van der Waals surface area contributed by atoms with Crippen molar-refractivity contribution in [1.82, 2.24) is 29.9 Å². The fraction of sp³-hybridized carbons (Fsp3) is 0.411. The van der Waals surface area contributed by atoms with E-state index in [9.17, 15) is 29.7 Å². The third-order valence-electron chi connectivity index (χ3n) is 15.1. The number of aliphatic hydroxyl groups excluding tert-OH is 4. The molecule has 0 bridgehead atoms. The van der Waals surface area contributed by atoms with Gasteiger partial charge in [0.15, 0.2) is 0 Å². The lowest BCUT2D eigenvalue weighted by atomic mass is 9.85. The van der Waals surface area contributed by atoms with Crippen molar-refractivity contribution in [3.05, 3.63) is 126 Å². The smallest absolute Gasteiger partial charge is 0.239 e. The maximum absolute atomic E-state index is 13.2. The first-order chi connectivity index (χ1) is 35.0. The van der Waals surface area contributed by atoms with Crippen LogP contribution in [0.3, 0.4) is 0 Å². The standard InChI is InChI=1S/C21H25N3O4.C18H21N3O3.C17H15N3O/c1-4-18-22-9-13(10-23-18)12-5-6-14-15(7-12)24(20(27)21(14,2)3)19-8-16(26)17(11-25)28-19;1-11-19-7-13(8-20-11)12-4-5-15-16(6-12)21(9-14(23)10-22)17(24)18(15,2)3;21-16-17(5-6-17)13-10-19-14(11-2-1-7-18-9-11)8-15(13)20(16)12-3-4-12/h5-7,9-10,16-17,19,25-26H,4,8,11H2,1-3H3;4-8,14,22-23H,9-10H2,1-3H3;1-2,7-10,12H,3-6H2/t16-,17+,19?;;/m0../s1. The number of benzene rings is 2. The highest BCUT2D eigenvalue weighted by molar-refractivity contribution is 6.11. The Morgan fingerprint density at radius 2 is 1.32 bits per heavy atom. The zero-order chi connectivity index (χ0) is 51.6. The monoisotopic (exact) mass is 987 g/mol. The summed E-state index contributed by atoms with van der Waals surface area (Å²) in [6.45, 7) is 10.8. The molecule has 2 saturated carbocycles. The number of ether oxygens (including phenoxy) is 1. The SMILES string of the molecule is CCc1ncc(-c2ccc3c(c2)N(C2C[C@H](O)[C@@H](CO)O2)C(=O)C3(C)C)cn1.Cc1ncc(-c2ccc3c(c2)N(CC(O)CO)C(=O)C3(C)C)cn1.O=C1N(C2CC2)c2cc(-c3cccnc3)ncc2C12CC2. The topological polar surface area (TPSA) is 228 Å². The minimum Gasteiger partial charge on any atom is -0.394 e. The van der Waals surface area contributed by atoms with Gasteiger partial charge in [-0.1, -0.05) is 31.2 Å². The average molecular weight is 988 g/mol. The van der Waals surface area contributed by atoms with Crippen molar-refractivity contribution in [3.8, 4) is 33.5 Å². The Balaban J connectivity index is 0.000000127. The lowest BCUT2D eigenvalue weighted by molar-refractivity contribution is -0.125. The molecule has 378 valence electrons. The van der Waals surface area contributed by atoms with Crippen LogP contribution >= 0.6 is 0 Å². The molecule has 6 aliphatic rings. The van der Waals surface area contributed by atoms with E-state index in [1.807, 2.05) is 107 Å². The summed E-state index contributed by atoms with van der Waals surface area (Å²) in [5, 5.41) is 38.4. The molecule has 4 aliphatic heterocycles. The minimum absolute atomic E-state index is 0.0691. The Bertz CT molecular complexity index is 3070. The normalized spacial score (nSPS) is 21.8. The number of carbonyl (C=O) groups is 3. The van der Waals surface area contributed by atoms with E-state index in [0.29, 0.717) is 17.8 Å². The van der Waals surface area contributed by atoms with E-state index in [-0.39, 0.29) is 43.4 Å². The van der Waals surface area contributed by atoms with Gasteiger partial charge in [0.1, 0.15) is 24.0 Å². The zero-order valence-electron chi connectivity index (χ0n) is 41.9. The molecule has 2 aromatic carbocycles. The number of nitrogens with zero attached hydrogens (tertiary/aromatic N) is 9. The van der Waals surface area contributed by atoms with Gasteiger partial charge < -0.3 is 35.0 Å². The van der Waals surface area contributed by atoms with Crippen LogP contribution in [0.5, 0.6) is 0 Å². The molecule has 12 rings (SSSR count). The average Bonchev–Trinajstić information content (AvgIpc) is 4.35. The van der Waals surface area contributed by atoms with E-state index in [0.717, 1.165) is 105 Å². The summed E-state index contributed by atoms with van der Waals surface area (Å²) in [4.78, 5) is 69.8. The Morgan fingerprint density at radius 1 is 0.699 bits per heavy atom. The van der Waals surface area contributed by atoms with Gasteiger partial charge in [-0.25, -0.2) is 19.9 Å². The highest BCUT2D eigenvalue weighted by atomic mass is 16.5. The molecule has 17 nitrogen and oxygen atoms in total. The summed E-state index contributed by atoms with van der Waals surface area (Å²) < 4.78 is 5.78. The first-order valence-corrected chi connectivity index (χ1v) is 25.0. The lowest BCUT2D eigenvalue weighted by Crippen LogP contribution is -2.43. The Kier molecular flexibility index (Phi) is 13.1. The molecule has 2 unspecified atom stereocenters. The molecule has 2 aliphatic carbocycles. The summed E-state index contributed by atoms with van der Waals surface area (Å²) >= 11 is 0. The van der Waals surface area contributed by atoms with Crippen LogP contribution in [-0.2, 0) is 41.8 Å². The van der Waals surface area contributed by atoms with Crippen molar-refractivity contribution in [3.63, 3.8) is 0 Å². The Morgan fingerprint density at radius 3 is 1.89 bits per heavy atom. The van der Waals surface area contributed by atoms with Crippen molar-refractivity contribution in [2.24, 2.45) is 0 Å². The maximum atomic E-state index is 13.2. The first-order valence-electron chi connectivity index (χ1n) is 25.0. The molecular formula is C56H61N9O8. The van der Waals surface area contributed by atoms with E-state index in [4.69, 9.17) is 9.84 Å². The van der Waals surface area contributed by atoms with Gasteiger partial charge in [-0.15, -0.1) is 0 Å². The van der Waals surface area contributed by atoms with Gasteiger partial charge in [-0.05, 0) is 113 Å². The van der Waals surface area contributed by atoms with E-state index in [2.05, 4.69) is 36.0 Å². The van der Waals surface area contributed by atoms with Gasteiger partial charge >= 0.3 is 0 Å². The second-order valence-corrected chi connectivity index (χ2v) is 20.8. The summed E-state index contributed by atoms with van der Waals surface area (Å²) in [6, 6.07) is 18.1. The molecule has 1 spiro atoms. The number of fused-ring (bicyclic) bond motifs is 4. The molecule has 3 amide bonds. The number of pyridine rings is 2. The number of aliphatic hydroxyl groups is 4. The number of rotatable bonds is 10. The second kappa shape index (κ2) is 19.2. The van der Waals surface area contributed by atoms with Crippen LogP contribution in [0.2, 0.25) is 0 Å². The fourth-order valence-corrected chi connectivity index (χ4v) is 10.4. The third kappa shape index (κ3) is 8.96. The van der Waals surface area contributed by atoms with Gasteiger partial charge in [0.05, 0.1) is 65.3 Å². The van der Waals surface area contributed by atoms with Crippen LogP contribution in [0.1, 0.15) is 95.1 Å². The summed E-state index contributed by atoms with van der Waals surface area (Å²) in [5.74, 6) is 1.63. The van der Waals surface area contributed by atoms with Gasteiger partial charge in [0.25, 0.3) is 0 Å². The van der Waals surface area contributed by atoms with E-state index < -0.39 is 35.4 Å². The number of carbonyl (C=O) groups excluding carboxylic acids is 3. The number of anilines is 3. The number of hydrogen-bond donors (Lipinski definition) is 4. The van der Waals surface area contributed by atoms with Crippen LogP contribution in [-0.4, -0.2) is 118 Å². The van der Waals surface area contributed by atoms with Crippen LogP contribution in [0.25, 0.3) is 33.5 Å². The van der Waals surface area contributed by atoms with Gasteiger partial charge in [0.2, 0.25) is 17.7 Å². The number of amides is 3. The van der Waals surface area contributed by atoms with Crippen LogP contribution in [0.4, 0.5) is 17.1 Å². The van der Waals surface area contributed by atoms with Gasteiger partial charge in [-0.3, -0.25) is 29.3 Å². The number of aromatic nitrogens is 6. The van der Waals surface area contributed by atoms with Gasteiger partial charge in [-0.2, -0.15) is 0 Å². The molecule has 73 heavy (non-hydrogen) atoms. The molecular weight excluding hydrogens is 927 g/mol. The highest BCUT2D eigenvalue weighted by Gasteiger charge is 2.61. The van der Waals surface area contributed by atoms with Gasteiger partial charge in [0, 0.05) is 90.2 Å². The Labute approximate surface area is 424 Å². The summed E-state index contributed by atoms with van der Waals surface area (Å²) in [7, 11) is 0. The third-order valence-corrected chi connectivity index (χ3v) is 15.1. The number of β-amino-alcohol motifs (C(OH)–C–C–N with tert-alkyl or cyclic N) is 1. The molecule has 8 heterocycles. The number of aryl methyl sites for hydroxylation is 2. The van der Waals surface area contributed by atoms with Crippen molar-refractivity contribution < 1.29 is 39.5 Å². The Hall–Kier alpha value is -6.89. The summed E-state index contributed by atoms with van der Waals surface area (Å²) in [5.41, 5.74) is 9.47. The lowest BCUT2D eigenvalue weighted by Gasteiger charge is -2.26. The van der Waals surface area contributed by atoms with Crippen molar-refractivity contribution >= 4 is 34.8 Å². The quantitative estimate of drug-likeness (QED) is 0.125. The number of hydrogen-bond acceptors (Lipinski definition) is 14. The van der Waals surface area contributed by atoms with E-state index in [1.54, 1.807) is 40.8 Å². The highest BCUT2D eigenvalue weighted by Crippen LogP contribution is 2.59. The summed E-state index contributed by atoms with van der Waals surface area (Å²) in [6.07, 6.45) is 14.8. The fourth-order valence-electron chi connectivity index (χ4n) is 10.4.